The van der Waals surface area contributed by atoms with Gasteiger partial charge in [0.15, 0.2) is 0 Å². The van der Waals surface area contributed by atoms with Gasteiger partial charge in [-0.05, 0) is 24.3 Å². The Labute approximate surface area is 97.3 Å². The lowest BCUT2D eigenvalue weighted by molar-refractivity contribution is 0.415. The molecule has 0 aliphatic rings. The average Bonchev–Trinajstić information content (AvgIpc) is 2.78. The highest BCUT2D eigenvalue weighted by atomic mass is 32.1. The lowest BCUT2D eigenvalue weighted by Crippen LogP contribution is -1.94. The minimum absolute atomic E-state index is 0.419. The molecule has 6 heteroatoms. The Morgan fingerprint density at radius 1 is 1.31 bits per heavy atom. The zero-order valence-electron chi connectivity index (χ0n) is 8.80. The highest BCUT2D eigenvalue weighted by Crippen LogP contribution is 2.22. The first-order valence-corrected chi connectivity index (χ1v) is 5.57. The van der Waals surface area contributed by atoms with Crippen molar-refractivity contribution in [1.82, 2.24) is 10.2 Å². The molecule has 16 heavy (non-hydrogen) atoms. The Hall–Kier alpha value is -1.66. The van der Waals surface area contributed by atoms with E-state index >= 15 is 0 Å². The van der Waals surface area contributed by atoms with Gasteiger partial charge in [0.1, 0.15) is 10.8 Å². The van der Waals surface area contributed by atoms with Gasteiger partial charge in [-0.3, -0.25) is 0 Å². The molecule has 1 aromatic carbocycles. The summed E-state index contributed by atoms with van der Waals surface area (Å²) in [5.74, 6) is 0.825. The van der Waals surface area contributed by atoms with E-state index < -0.39 is 0 Å². The van der Waals surface area contributed by atoms with Crippen molar-refractivity contribution in [2.45, 2.75) is 6.54 Å². The fourth-order valence-electron chi connectivity index (χ4n) is 1.18. The normalized spacial score (nSPS) is 10.1. The van der Waals surface area contributed by atoms with Crippen molar-refractivity contribution >= 4 is 22.2 Å². The Kier molecular flexibility index (Phi) is 3.33. The zero-order chi connectivity index (χ0) is 11.4. The number of nitrogens with one attached hydrogen (secondary N) is 1. The van der Waals surface area contributed by atoms with Crippen LogP contribution in [0, 0.1) is 0 Å². The minimum Gasteiger partial charge on any atom is -0.497 e. The number of hydrogen-bond donors (Lipinski definition) is 2. The lowest BCUT2D eigenvalue weighted by atomic mass is 10.3. The van der Waals surface area contributed by atoms with Crippen molar-refractivity contribution in [1.29, 1.82) is 0 Å². The van der Waals surface area contributed by atoms with Crippen molar-refractivity contribution in [3.8, 4) is 5.75 Å². The third kappa shape index (κ3) is 2.47. The first-order valence-electron chi connectivity index (χ1n) is 4.75. The largest absolute Gasteiger partial charge is 0.497 e. The number of anilines is 2. The second-order valence-corrected chi connectivity index (χ2v) is 4.12. The first-order chi connectivity index (χ1) is 7.81. The molecular weight excluding hydrogens is 224 g/mol. The molecule has 5 nitrogen and oxygen atoms in total. The number of rotatable bonds is 4. The van der Waals surface area contributed by atoms with Crippen LogP contribution in [0.2, 0.25) is 0 Å². The van der Waals surface area contributed by atoms with Crippen molar-refractivity contribution < 1.29 is 4.74 Å². The quantitative estimate of drug-likeness (QED) is 0.846. The summed E-state index contributed by atoms with van der Waals surface area (Å²) in [4.78, 5) is 0. The molecular formula is C10H12N4OS. The molecule has 0 bridgehead atoms. The molecule has 0 atom stereocenters. The Bertz CT molecular complexity index is 454. The van der Waals surface area contributed by atoms with E-state index in [0.717, 1.165) is 21.6 Å². The highest BCUT2D eigenvalue weighted by molar-refractivity contribution is 7.15. The van der Waals surface area contributed by atoms with Crippen LogP contribution in [0.5, 0.6) is 5.75 Å². The monoisotopic (exact) mass is 236 g/mol. The van der Waals surface area contributed by atoms with Crippen LogP contribution in [-0.2, 0) is 6.54 Å². The summed E-state index contributed by atoms with van der Waals surface area (Å²) in [5.41, 5.74) is 6.40. The molecule has 0 aliphatic carbocycles. The molecule has 0 fully saturated rings. The van der Waals surface area contributed by atoms with Gasteiger partial charge in [0, 0.05) is 12.2 Å². The molecule has 0 radical (unpaired) electrons. The summed E-state index contributed by atoms with van der Waals surface area (Å²) in [6.45, 7) is 0.419. The van der Waals surface area contributed by atoms with Gasteiger partial charge >= 0.3 is 0 Å². The van der Waals surface area contributed by atoms with Gasteiger partial charge < -0.3 is 15.8 Å². The smallest absolute Gasteiger partial charge is 0.210 e. The Morgan fingerprint density at radius 3 is 2.62 bits per heavy atom. The summed E-state index contributed by atoms with van der Waals surface area (Å²) < 4.78 is 5.07. The van der Waals surface area contributed by atoms with E-state index in [9.17, 15) is 0 Å². The Morgan fingerprint density at radius 2 is 2.06 bits per heavy atom. The number of nitrogens with two attached hydrogens (primary N) is 1. The summed E-state index contributed by atoms with van der Waals surface area (Å²) in [6, 6.07) is 7.60. The predicted octanol–water partition coefficient (Wildman–Crippen LogP) is 1.75. The number of methoxy groups -OCH3 is 1. The van der Waals surface area contributed by atoms with E-state index in [1.54, 1.807) is 7.11 Å². The summed E-state index contributed by atoms with van der Waals surface area (Å²) >= 11 is 1.45. The van der Waals surface area contributed by atoms with E-state index in [4.69, 9.17) is 10.5 Å². The van der Waals surface area contributed by atoms with Crippen LogP contribution in [-0.4, -0.2) is 17.3 Å². The van der Waals surface area contributed by atoms with Crippen molar-refractivity contribution in [2.24, 2.45) is 5.73 Å². The molecule has 1 aromatic heterocycles. The van der Waals surface area contributed by atoms with E-state index in [1.807, 2.05) is 24.3 Å². The van der Waals surface area contributed by atoms with E-state index in [1.165, 1.54) is 11.3 Å². The van der Waals surface area contributed by atoms with Crippen LogP contribution < -0.4 is 15.8 Å². The van der Waals surface area contributed by atoms with Gasteiger partial charge in [0.2, 0.25) is 5.13 Å². The predicted molar refractivity (Wildman–Crippen MR) is 64.1 cm³/mol. The lowest BCUT2D eigenvalue weighted by Gasteiger charge is -2.03. The molecule has 0 spiro atoms. The maximum Gasteiger partial charge on any atom is 0.210 e. The summed E-state index contributed by atoms with van der Waals surface area (Å²) in [5, 5.41) is 12.6. The van der Waals surface area contributed by atoms with Crippen LogP contribution >= 0.6 is 11.3 Å². The van der Waals surface area contributed by atoms with Gasteiger partial charge in [-0.1, -0.05) is 11.3 Å². The molecule has 2 aromatic rings. The van der Waals surface area contributed by atoms with E-state index in [2.05, 4.69) is 15.5 Å². The maximum absolute atomic E-state index is 5.46. The SMILES string of the molecule is COc1ccc(Nc2nnc(CN)s2)cc1. The zero-order valence-corrected chi connectivity index (χ0v) is 9.62. The molecule has 0 aliphatic heterocycles. The van der Waals surface area contributed by atoms with Crippen molar-refractivity contribution in [2.75, 3.05) is 12.4 Å². The van der Waals surface area contributed by atoms with Gasteiger partial charge in [-0.25, -0.2) is 0 Å². The molecule has 0 amide bonds. The number of ether oxygens (including phenoxy) is 1. The average molecular weight is 236 g/mol. The standard InChI is InChI=1S/C10H12N4OS/c1-15-8-4-2-7(3-5-8)12-10-14-13-9(6-11)16-10/h2-5H,6,11H2,1H3,(H,12,14). The fraction of sp³-hybridized carbons (Fsp3) is 0.200. The molecule has 2 rings (SSSR count). The third-order valence-corrected chi connectivity index (χ3v) is 2.84. The molecule has 0 unspecified atom stereocenters. The number of aromatic nitrogens is 2. The van der Waals surface area contributed by atoms with E-state index in [0.29, 0.717) is 6.54 Å². The molecule has 0 saturated heterocycles. The highest BCUT2D eigenvalue weighted by Gasteiger charge is 2.02. The van der Waals surface area contributed by atoms with Crippen molar-refractivity contribution in [3.05, 3.63) is 29.3 Å². The van der Waals surface area contributed by atoms with Gasteiger partial charge in [-0.15, -0.1) is 10.2 Å². The molecule has 1 heterocycles. The summed E-state index contributed by atoms with van der Waals surface area (Å²) in [7, 11) is 1.64. The molecule has 0 saturated carbocycles. The second kappa shape index (κ2) is 4.91. The Balaban J connectivity index is 2.08. The molecule has 84 valence electrons. The molecule has 3 N–H and O–H groups in total. The third-order valence-electron chi connectivity index (χ3n) is 1.98. The van der Waals surface area contributed by atoms with Gasteiger partial charge in [-0.2, -0.15) is 0 Å². The van der Waals surface area contributed by atoms with Crippen LogP contribution in [0.15, 0.2) is 24.3 Å². The van der Waals surface area contributed by atoms with Gasteiger partial charge in [0.05, 0.1) is 7.11 Å². The number of hydrogen-bond acceptors (Lipinski definition) is 6. The second-order valence-electron chi connectivity index (χ2n) is 3.06. The van der Waals surface area contributed by atoms with Gasteiger partial charge in [0.25, 0.3) is 0 Å². The summed E-state index contributed by atoms with van der Waals surface area (Å²) in [6.07, 6.45) is 0. The topological polar surface area (TPSA) is 73.1 Å². The van der Waals surface area contributed by atoms with Crippen LogP contribution in [0.3, 0.4) is 0 Å². The maximum atomic E-state index is 5.46. The van der Waals surface area contributed by atoms with Crippen molar-refractivity contribution in [3.63, 3.8) is 0 Å². The number of benzene rings is 1. The number of nitrogens with zero attached hydrogens (tertiary/aromatic N) is 2. The minimum atomic E-state index is 0.419. The fourth-order valence-corrected chi connectivity index (χ4v) is 1.82. The van der Waals surface area contributed by atoms with E-state index in [-0.39, 0.29) is 0 Å². The van der Waals surface area contributed by atoms with Crippen LogP contribution in [0.4, 0.5) is 10.8 Å². The van der Waals surface area contributed by atoms with Crippen LogP contribution in [0.1, 0.15) is 5.01 Å². The first kappa shape index (κ1) is 10.8. The van der Waals surface area contributed by atoms with Crippen LogP contribution in [0.25, 0.3) is 0 Å².